The fourth-order valence-electron chi connectivity index (χ4n) is 2.04. The molecule has 26 heavy (non-hydrogen) atoms. The highest BCUT2D eigenvalue weighted by atomic mass is 32.1. The summed E-state index contributed by atoms with van der Waals surface area (Å²) in [5.41, 5.74) is 0.882. The van der Waals surface area contributed by atoms with Gasteiger partial charge in [0, 0.05) is 17.8 Å². The van der Waals surface area contributed by atoms with Crippen molar-refractivity contribution in [3.05, 3.63) is 64.2 Å². The molecule has 0 fully saturated rings. The van der Waals surface area contributed by atoms with E-state index < -0.39 is 10.8 Å². The molecule has 0 saturated heterocycles. The second-order valence-electron chi connectivity index (χ2n) is 5.91. The molecule has 0 unspecified atom stereocenters. The summed E-state index contributed by atoms with van der Waals surface area (Å²) in [5.74, 6) is 0.414. The largest absolute Gasteiger partial charge is 0.492 e. The van der Waals surface area contributed by atoms with Crippen LogP contribution in [-0.2, 0) is 0 Å². The van der Waals surface area contributed by atoms with Gasteiger partial charge in [-0.05, 0) is 42.4 Å². The molecule has 0 spiro atoms. The first kappa shape index (κ1) is 19.3. The van der Waals surface area contributed by atoms with Crippen LogP contribution in [0.4, 0.5) is 11.4 Å². The van der Waals surface area contributed by atoms with Crippen molar-refractivity contribution in [2.75, 3.05) is 11.9 Å². The van der Waals surface area contributed by atoms with E-state index in [-0.39, 0.29) is 10.8 Å². The number of ether oxygens (including phenoxy) is 1. The summed E-state index contributed by atoms with van der Waals surface area (Å²) in [7, 11) is 0. The molecule has 0 bridgehead atoms. The summed E-state index contributed by atoms with van der Waals surface area (Å²) in [6, 6.07) is 12.6. The number of non-ortho nitro benzene ring substituents is 1. The third-order valence-corrected chi connectivity index (χ3v) is 3.47. The third-order valence-electron chi connectivity index (χ3n) is 3.27. The van der Waals surface area contributed by atoms with Crippen molar-refractivity contribution in [3.8, 4) is 5.75 Å². The van der Waals surface area contributed by atoms with Crippen LogP contribution in [0.2, 0.25) is 0 Å². The molecule has 0 aromatic heterocycles. The Morgan fingerprint density at radius 1 is 1.19 bits per heavy atom. The van der Waals surface area contributed by atoms with Gasteiger partial charge in [-0.3, -0.25) is 20.2 Å². The molecule has 2 rings (SSSR count). The molecule has 0 heterocycles. The number of rotatable bonds is 6. The van der Waals surface area contributed by atoms with Gasteiger partial charge in [0.1, 0.15) is 5.75 Å². The van der Waals surface area contributed by atoms with E-state index in [4.69, 9.17) is 17.0 Å². The van der Waals surface area contributed by atoms with E-state index in [9.17, 15) is 14.9 Å². The van der Waals surface area contributed by atoms with Crippen LogP contribution >= 0.6 is 12.2 Å². The fraction of sp³-hybridized carbons (Fsp3) is 0.222. The molecule has 0 radical (unpaired) electrons. The maximum atomic E-state index is 12.4. The van der Waals surface area contributed by atoms with Gasteiger partial charge in [0.2, 0.25) is 0 Å². The molecule has 2 N–H and O–H groups in total. The topological polar surface area (TPSA) is 93.5 Å². The number of nitrogens with one attached hydrogen (secondary N) is 2. The summed E-state index contributed by atoms with van der Waals surface area (Å²) in [6.45, 7) is 4.54. The number of carbonyl (C=O) groups is 1. The molecule has 1 amide bonds. The number of hydrogen-bond acceptors (Lipinski definition) is 5. The summed E-state index contributed by atoms with van der Waals surface area (Å²) in [5, 5.41) is 16.1. The summed E-state index contributed by atoms with van der Waals surface area (Å²) >= 11 is 5.13. The number of thiocarbonyl (C=S) groups is 1. The lowest BCUT2D eigenvalue weighted by Gasteiger charge is -2.14. The van der Waals surface area contributed by atoms with Crippen LogP contribution in [0.3, 0.4) is 0 Å². The number of carbonyl (C=O) groups excluding carboxylic acids is 1. The summed E-state index contributed by atoms with van der Waals surface area (Å²) < 4.78 is 5.67. The number of nitro benzene ring substituents is 1. The fourth-order valence-corrected chi connectivity index (χ4v) is 2.25. The first-order valence-corrected chi connectivity index (χ1v) is 8.36. The minimum Gasteiger partial charge on any atom is -0.492 e. The van der Waals surface area contributed by atoms with Crippen LogP contribution in [0.25, 0.3) is 0 Å². The minimum atomic E-state index is -0.488. The molecule has 0 saturated carbocycles. The van der Waals surface area contributed by atoms with Gasteiger partial charge in [-0.25, -0.2) is 0 Å². The predicted octanol–water partition coefficient (Wildman–Crippen LogP) is 3.76. The van der Waals surface area contributed by atoms with Crippen LogP contribution < -0.4 is 15.4 Å². The standard InChI is InChI=1S/C18H19N3O4S/c1-12(2)11-25-16-6-4-3-5-15(16)17(22)20-18(26)19-13-7-9-14(10-8-13)21(23)24/h3-10,12H,11H2,1-2H3,(H2,19,20,22,26). The van der Waals surface area contributed by atoms with Gasteiger partial charge >= 0.3 is 0 Å². The molecule has 8 heteroatoms. The Bertz CT molecular complexity index is 806. The number of para-hydroxylation sites is 1. The molecule has 2 aromatic rings. The molecular weight excluding hydrogens is 354 g/mol. The number of nitro groups is 1. The quantitative estimate of drug-likeness (QED) is 0.455. The molecule has 0 atom stereocenters. The van der Waals surface area contributed by atoms with Gasteiger partial charge in [-0.15, -0.1) is 0 Å². The predicted molar refractivity (Wildman–Crippen MR) is 104 cm³/mol. The van der Waals surface area contributed by atoms with Crippen molar-refractivity contribution in [2.24, 2.45) is 5.92 Å². The Labute approximate surface area is 156 Å². The van der Waals surface area contributed by atoms with Gasteiger partial charge in [0.05, 0.1) is 17.1 Å². The van der Waals surface area contributed by atoms with Crippen LogP contribution in [0.5, 0.6) is 5.75 Å². The molecule has 7 nitrogen and oxygen atoms in total. The minimum absolute atomic E-state index is 0.0262. The monoisotopic (exact) mass is 373 g/mol. The lowest BCUT2D eigenvalue weighted by atomic mass is 10.2. The van der Waals surface area contributed by atoms with Gasteiger partial charge in [0.25, 0.3) is 11.6 Å². The number of hydrogen-bond donors (Lipinski definition) is 2. The molecule has 0 aliphatic rings. The molecule has 0 aliphatic heterocycles. The van der Waals surface area contributed by atoms with Gasteiger partial charge in [-0.2, -0.15) is 0 Å². The van der Waals surface area contributed by atoms with E-state index >= 15 is 0 Å². The van der Waals surface area contributed by atoms with Gasteiger partial charge in [-0.1, -0.05) is 26.0 Å². The molecular formula is C18H19N3O4S. The zero-order valence-electron chi connectivity index (χ0n) is 14.4. The highest BCUT2D eigenvalue weighted by Gasteiger charge is 2.14. The van der Waals surface area contributed by atoms with Crippen LogP contribution in [-0.4, -0.2) is 22.5 Å². The molecule has 2 aromatic carbocycles. The molecule has 0 aliphatic carbocycles. The van der Waals surface area contributed by atoms with Crippen molar-refractivity contribution in [3.63, 3.8) is 0 Å². The van der Waals surface area contributed by atoms with Crippen LogP contribution in [0.15, 0.2) is 48.5 Å². The number of amides is 1. The Balaban J connectivity index is 2.00. The Morgan fingerprint density at radius 2 is 1.85 bits per heavy atom. The smallest absolute Gasteiger partial charge is 0.269 e. The second-order valence-corrected chi connectivity index (χ2v) is 6.32. The third kappa shape index (κ3) is 5.52. The average Bonchev–Trinajstić information content (AvgIpc) is 2.60. The number of benzene rings is 2. The van der Waals surface area contributed by atoms with E-state index in [1.54, 1.807) is 24.3 Å². The highest BCUT2D eigenvalue weighted by Crippen LogP contribution is 2.19. The summed E-state index contributed by atoms with van der Waals surface area (Å²) in [6.07, 6.45) is 0. The maximum absolute atomic E-state index is 12.4. The average molecular weight is 373 g/mol. The number of nitrogens with zero attached hydrogens (tertiary/aromatic N) is 1. The van der Waals surface area contributed by atoms with E-state index in [2.05, 4.69) is 10.6 Å². The van der Waals surface area contributed by atoms with Crippen molar-refractivity contribution >= 4 is 34.6 Å². The van der Waals surface area contributed by atoms with E-state index in [0.717, 1.165) is 0 Å². The van der Waals surface area contributed by atoms with E-state index in [1.807, 2.05) is 13.8 Å². The SMILES string of the molecule is CC(C)COc1ccccc1C(=O)NC(=S)Nc1ccc([N+](=O)[O-])cc1. The van der Waals surface area contributed by atoms with Gasteiger partial charge in [0.15, 0.2) is 5.11 Å². The molecule has 136 valence electrons. The normalized spacial score (nSPS) is 10.3. The van der Waals surface area contributed by atoms with Crippen LogP contribution in [0.1, 0.15) is 24.2 Å². The lowest BCUT2D eigenvalue weighted by molar-refractivity contribution is -0.384. The first-order valence-electron chi connectivity index (χ1n) is 7.95. The Kier molecular flexibility index (Phi) is 6.62. The highest BCUT2D eigenvalue weighted by molar-refractivity contribution is 7.80. The Morgan fingerprint density at radius 3 is 2.46 bits per heavy atom. The zero-order chi connectivity index (χ0) is 19.1. The van der Waals surface area contributed by atoms with E-state index in [1.165, 1.54) is 24.3 Å². The van der Waals surface area contributed by atoms with Gasteiger partial charge < -0.3 is 10.1 Å². The van der Waals surface area contributed by atoms with Crippen molar-refractivity contribution < 1.29 is 14.5 Å². The lowest BCUT2D eigenvalue weighted by Crippen LogP contribution is -2.34. The number of anilines is 1. The Hall–Kier alpha value is -3.00. The first-order chi connectivity index (χ1) is 12.4. The second kappa shape index (κ2) is 8.91. The van der Waals surface area contributed by atoms with Crippen molar-refractivity contribution in [1.82, 2.24) is 5.32 Å². The van der Waals surface area contributed by atoms with E-state index in [0.29, 0.717) is 29.5 Å². The van der Waals surface area contributed by atoms with Crippen molar-refractivity contribution in [1.29, 1.82) is 0 Å². The maximum Gasteiger partial charge on any atom is 0.269 e. The zero-order valence-corrected chi connectivity index (χ0v) is 15.2. The summed E-state index contributed by atoms with van der Waals surface area (Å²) in [4.78, 5) is 22.6. The van der Waals surface area contributed by atoms with Crippen LogP contribution in [0, 0.1) is 16.0 Å². The van der Waals surface area contributed by atoms with Crippen molar-refractivity contribution in [2.45, 2.75) is 13.8 Å².